The number of fused-ring (bicyclic) bond motifs is 3. The number of anilines is 1. The molecular formula is C30H38N8O10S2. The lowest BCUT2D eigenvalue weighted by molar-refractivity contribution is -0.218. The summed E-state index contributed by atoms with van der Waals surface area (Å²) in [5.41, 5.74) is 15.6. The number of amidine groups is 1. The summed E-state index contributed by atoms with van der Waals surface area (Å²) >= 11 is 0.967. The maximum atomic E-state index is 13.5. The first-order valence-corrected chi connectivity index (χ1v) is 18.0. The van der Waals surface area contributed by atoms with Crippen molar-refractivity contribution in [1.82, 2.24) is 15.4 Å². The molecule has 1 saturated heterocycles. The number of hydrogen-bond acceptors (Lipinski definition) is 14. The lowest BCUT2D eigenvalue weighted by Crippen LogP contribution is -2.76. The Kier molecular flexibility index (Phi) is 8.61. The number of amides is 2. The van der Waals surface area contributed by atoms with Crippen LogP contribution in [0.15, 0.2) is 33.7 Å². The topological polar surface area (TPSA) is 284 Å². The Hall–Kier alpha value is -4.37. The molecule has 4 fully saturated rings. The van der Waals surface area contributed by atoms with E-state index in [1.165, 1.54) is 26.2 Å². The molecule has 3 heterocycles. The number of aliphatic carboxylic acids is 1. The van der Waals surface area contributed by atoms with E-state index in [0.29, 0.717) is 23.1 Å². The molecule has 5 aliphatic rings. The fraction of sp³-hybridized carbons (Fsp3) is 0.533. The van der Waals surface area contributed by atoms with Crippen molar-refractivity contribution in [3.63, 3.8) is 0 Å². The lowest BCUT2D eigenvalue weighted by Gasteiger charge is -2.56. The van der Waals surface area contributed by atoms with Crippen molar-refractivity contribution in [3.05, 3.63) is 40.4 Å². The molecule has 18 nitrogen and oxygen atoms in total. The quantitative estimate of drug-likeness (QED) is 0.0608. The Morgan fingerprint density at radius 2 is 1.98 bits per heavy atom. The van der Waals surface area contributed by atoms with Crippen LogP contribution in [0.4, 0.5) is 5.13 Å². The number of aromatic nitrogens is 1. The number of benzene rings is 1. The monoisotopic (exact) mass is 734 g/mol. The van der Waals surface area contributed by atoms with E-state index in [2.05, 4.69) is 19.7 Å². The first-order chi connectivity index (χ1) is 23.2. The molecule has 1 aromatic heterocycles. The molecule has 2 amide bonds. The van der Waals surface area contributed by atoms with Crippen LogP contribution in [-0.4, -0.2) is 91.8 Å². The summed E-state index contributed by atoms with van der Waals surface area (Å²) in [6.45, 7) is 4.00. The molecule has 3 unspecified atom stereocenters. The first kappa shape index (κ1) is 35.5. The third-order valence-corrected chi connectivity index (χ3v) is 10.8. The van der Waals surface area contributed by atoms with Gasteiger partial charge in [0.05, 0.1) is 11.1 Å². The number of nitrogens with two attached hydrogens (primary N) is 3. The zero-order valence-electron chi connectivity index (χ0n) is 27.4. The molecule has 270 valence electrons. The molecule has 2 aromatic rings. The van der Waals surface area contributed by atoms with Crippen LogP contribution in [0.1, 0.15) is 76.1 Å². The van der Waals surface area contributed by atoms with Gasteiger partial charge in [0.1, 0.15) is 23.3 Å². The van der Waals surface area contributed by atoms with E-state index in [1.807, 2.05) is 6.07 Å². The molecule has 3 atom stereocenters. The van der Waals surface area contributed by atoms with Crippen LogP contribution in [-0.2, 0) is 40.3 Å². The van der Waals surface area contributed by atoms with Crippen LogP contribution in [0.2, 0.25) is 0 Å². The van der Waals surface area contributed by atoms with Crippen LogP contribution in [0, 0.1) is 0 Å². The van der Waals surface area contributed by atoms with E-state index in [9.17, 15) is 27.9 Å². The second-order valence-corrected chi connectivity index (χ2v) is 15.9. The zero-order valence-corrected chi connectivity index (χ0v) is 29.0. The Bertz CT molecular complexity index is 1920. The third kappa shape index (κ3) is 6.48. The summed E-state index contributed by atoms with van der Waals surface area (Å²) in [5, 5.41) is 18.4. The molecule has 0 radical (unpaired) electrons. The molecule has 1 aromatic carbocycles. The molecule has 3 aliphatic carbocycles. The van der Waals surface area contributed by atoms with Gasteiger partial charge in [-0.15, -0.1) is 15.6 Å². The van der Waals surface area contributed by atoms with Crippen LogP contribution in [0.25, 0.3) is 0 Å². The zero-order chi connectivity index (χ0) is 36.4. The largest absolute Gasteiger partial charge is 0.485 e. The highest BCUT2D eigenvalue weighted by molar-refractivity contribution is 7.80. The van der Waals surface area contributed by atoms with Gasteiger partial charge in [-0.1, -0.05) is 5.16 Å². The number of hydroxylamine groups is 2. The number of carbonyl (C=O) groups excluding carboxylic acids is 2. The number of ether oxygens (including phenoxy) is 1. The van der Waals surface area contributed by atoms with E-state index >= 15 is 0 Å². The average molecular weight is 735 g/mol. The molecule has 20 heteroatoms. The van der Waals surface area contributed by atoms with Crippen LogP contribution in [0.5, 0.6) is 5.75 Å². The number of β-lactam (4-membered cyclic amide) rings is 1. The molecule has 2 aliphatic heterocycles. The fourth-order valence-corrected chi connectivity index (χ4v) is 8.17. The number of nitrogens with zero attached hydrogens (tertiary/aromatic N) is 4. The lowest BCUT2D eigenvalue weighted by atomic mass is 9.55. The average Bonchev–Trinajstić information content (AvgIpc) is 3.46. The van der Waals surface area contributed by atoms with Gasteiger partial charge < -0.3 is 37.2 Å². The van der Waals surface area contributed by atoms with Crippen molar-refractivity contribution in [2.75, 3.05) is 5.73 Å². The molecule has 3 saturated carbocycles. The number of carboxylic acid groups (broad SMARTS) is 1. The second kappa shape index (κ2) is 12.1. The van der Waals surface area contributed by atoms with Crippen LogP contribution < -0.4 is 27.3 Å². The van der Waals surface area contributed by atoms with Gasteiger partial charge >= 0.3 is 16.4 Å². The number of carboxylic acids is 1. The number of hydrogen-bond donors (Lipinski definition) is 6. The highest BCUT2D eigenvalue weighted by Gasteiger charge is 2.58. The predicted octanol–water partition coefficient (Wildman–Crippen LogP) is 0.642. The number of nitrogens with one attached hydrogen (secondary N) is 1. The minimum atomic E-state index is -5.03. The predicted molar refractivity (Wildman–Crippen MR) is 178 cm³/mol. The summed E-state index contributed by atoms with van der Waals surface area (Å²) in [6.07, 6.45) is 4.12. The van der Waals surface area contributed by atoms with E-state index in [-0.39, 0.29) is 28.3 Å². The molecule has 2 bridgehead atoms. The normalized spacial score (nSPS) is 28.7. The van der Waals surface area contributed by atoms with Gasteiger partial charge in [0.2, 0.25) is 0 Å². The summed E-state index contributed by atoms with van der Waals surface area (Å²) in [6, 6.07) is 3.98. The summed E-state index contributed by atoms with van der Waals surface area (Å²) < 4.78 is 41.8. The van der Waals surface area contributed by atoms with Gasteiger partial charge in [0.15, 0.2) is 16.9 Å². The molecule has 9 N–H and O–H groups in total. The molecule has 0 spiro atoms. The Morgan fingerprint density at radius 1 is 1.26 bits per heavy atom. The van der Waals surface area contributed by atoms with E-state index < -0.39 is 57.2 Å². The third-order valence-electron chi connectivity index (χ3n) is 9.80. The van der Waals surface area contributed by atoms with Crippen molar-refractivity contribution in [2.24, 2.45) is 21.6 Å². The minimum Gasteiger partial charge on any atom is -0.485 e. The number of rotatable bonds is 11. The van der Waals surface area contributed by atoms with Gasteiger partial charge in [-0.3, -0.25) is 19.1 Å². The van der Waals surface area contributed by atoms with Gasteiger partial charge in [0, 0.05) is 16.5 Å². The number of aryl methyl sites for hydroxylation is 1. The highest BCUT2D eigenvalue weighted by Crippen LogP contribution is 2.53. The van der Waals surface area contributed by atoms with Gasteiger partial charge in [-0.05, 0) is 89.5 Å². The number of thiazole rings is 1. The van der Waals surface area contributed by atoms with Crippen molar-refractivity contribution >= 4 is 56.2 Å². The van der Waals surface area contributed by atoms with Gasteiger partial charge in [-0.2, -0.15) is 13.5 Å². The van der Waals surface area contributed by atoms with Crippen LogP contribution >= 0.6 is 11.3 Å². The smallest absolute Gasteiger partial charge is 0.418 e. The Balaban J connectivity index is 1.20. The van der Waals surface area contributed by atoms with E-state index in [0.717, 1.165) is 54.6 Å². The summed E-state index contributed by atoms with van der Waals surface area (Å²) in [4.78, 5) is 53.3. The number of nitrogen functional groups attached to an aromatic ring is 1. The Labute approximate surface area is 290 Å². The first-order valence-electron chi connectivity index (χ1n) is 15.7. The maximum absolute atomic E-state index is 13.5. The van der Waals surface area contributed by atoms with Gasteiger partial charge in [0.25, 0.3) is 17.4 Å². The van der Waals surface area contributed by atoms with E-state index in [4.69, 9.17) is 36.3 Å². The minimum absolute atomic E-state index is 0.0603. The SMILES string of the molecule is CC(ON=C(C(=O)NC1C(=O)N(OS(=O)(=O)O)C1(C)C)c1csc(N)n1)(C(=O)O)C1CCc2cc(C(N)=NC34CCCC(N)(C3)C4)ccc2O1. The molecular weight excluding hydrogens is 697 g/mol. The Morgan fingerprint density at radius 3 is 2.58 bits per heavy atom. The van der Waals surface area contributed by atoms with Crippen molar-refractivity contribution < 1.29 is 46.3 Å². The summed E-state index contributed by atoms with van der Waals surface area (Å²) in [7, 11) is -5.03. The number of aliphatic imine (C=N–C) groups is 1. The second-order valence-electron chi connectivity index (χ2n) is 14.0. The number of carbonyl (C=O) groups is 3. The van der Waals surface area contributed by atoms with E-state index in [1.54, 1.807) is 12.1 Å². The standard InChI is InChI=1S/C30H38N8O10S2/c1-27(2)21(24(40)38(27)48-50(43,44)45)35-23(39)20(17-12-49-26(32)34-17)37-47-28(3,25(41)42)19-8-6-15-11-16(5-7-18(15)46-19)22(31)36-30-10-4-9-29(33,13-30)14-30/h5,7,11-12,19,21H,4,6,8-10,13-14,33H2,1-3H3,(H2,31,36)(H2,32,34)(H,35,39)(H,41,42)(H,43,44,45). The maximum Gasteiger partial charge on any atom is 0.418 e. The van der Waals surface area contributed by atoms with Crippen molar-refractivity contribution in [2.45, 2.75) is 100 Å². The molecule has 50 heavy (non-hydrogen) atoms. The van der Waals surface area contributed by atoms with Crippen LogP contribution in [0.3, 0.4) is 0 Å². The highest BCUT2D eigenvalue weighted by atomic mass is 32.3. The van der Waals surface area contributed by atoms with Crippen molar-refractivity contribution in [3.8, 4) is 5.75 Å². The molecule has 7 rings (SSSR count). The van der Waals surface area contributed by atoms with Crippen molar-refractivity contribution in [1.29, 1.82) is 0 Å². The number of oxime groups is 1. The fourth-order valence-electron chi connectivity index (χ4n) is 7.17. The van der Waals surface area contributed by atoms with Gasteiger partial charge in [-0.25, -0.2) is 9.78 Å². The summed E-state index contributed by atoms with van der Waals surface area (Å²) in [5.74, 6) is -2.61.